The Bertz CT molecular complexity index is 905. The molecule has 1 aromatic carbocycles. The third kappa shape index (κ3) is 3.57. The molecule has 1 aromatic heterocycles. The number of nitrogens with two attached hydrogens (primary N) is 1. The van der Waals surface area contributed by atoms with Crippen molar-refractivity contribution in [3.8, 4) is 0 Å². The van der Waals surface area contributed by atoms with Gasteiger partial charge in [-0.3, -0.25) is 14.8 Å². The van der Waals surface area contributed by atoms with Crippen molar-refractivity contribution < 1.29 is 22.7 Å². The van der Waals surface area contributed by atoms with E-state index >= 15 is 0 Å². The Morgan fingerprint density at radius 1 is 1.32 bits per heavy atom. The van der Waals surface area contributed by atoms with Gasteiger partial charge in [-0.2, -0.15) is 0 Å². The SMILES string of the molecule is CCC1(c2cc(NC(=O)c3ccccn3)ccc2F)N=C(N)COCC1(F)F. The van der Waals surface area contributed by atoms with Crippen molar-refractivity contribution in [3.05, 3.63) is 59.7 Å². The number of amides is 1. The first-order valence-corrected chi connectivity index (χ1v) is 8.61. The van der Waals surface area contributed by atoms with Crippen LogP contribution < -0.4 is 11.1 Å². The maximum absolute atomic E-state index is 14.9. The van der Waals surface area contributed by atoms with Gasteiger partial charge < -0.3 is 15.8 Å². The number of hydrogen-bond donors (Lipinski definition) is 2. The number of nitrogens with zero attached hydrogens (tertiary/aromatic N) is 2. The summed E-state index contributed by atoms with van der Waals surface area (Å²) in [4.78, 5) is 20.1. The molecule has 0 radical (unpaired) electrons. The Balaban J connectivity index is 2.04. The molecular formula is C19H19F3N4O2. The van der Waals surface area contributed by atoms with Gasteiger partial charge in [0.2, 0.25) is 0 Å². The number of ether oxygens (including phenoxy) is 1. The molecule has 0 aliphatic carbocycles. The minimum Gasteiger partial charge on any atom is -0.385 e. The van der Waals surface area contributed by atoms with Crippen LogP contribution >= 0.6 is 0 Å². The summed E-state index contributed by atoms with van der Waals surface area (Å²) in [5.41, 5.74) is 3.33. The van der Waals surface area contributed by atoms with Crippen molar-refractivity contribution in [2.45, 2.75) is 24.8 Å². The van der Waals surface area contributed by atoms with E-state index in [4.69, 9.17) is 10.5 Å². The molecule has 0 bridgehead atoms. The first kappa shape index (κ1) is 19.8. The number of anilines is 1. The fourth-order valence-corrected chi connectivity index (χ4v) is 3.16. The number of aliphatic imine (C=N–C) groups is 1. The Morgan fingerprint density at radius 2 is 2.11 bits per heavy atom. The molecule has 9 heteroatoms. The lowest BCUT2D eigenvalue weighted by Gasteiger charge is -2.36. The third-order valence-electron chi connectivity index (χ3n) is 4.55. The summed E-state index contributed by atoms with van der Waals surface area (Å²) < 4.78 is 49.4. The Hall–Kier alpha value is -2.94. The van der Waals surface area contributed by atoms with Crippen molar-refractivity contribution in [1.82, 2.24) is 4.98 Å². The maximum Gasteiger partial charge on any atom is 0.299 e. The minimum atomic E-state index is -3.51. The number of benzene rings is 1. The highest BCUT2D eigenvalue weighted by molar-refractivity contribution is 6.02. The van der Waals surface area contributed by atoms with Gasteiger partial charge in [-0.25, -0.2) is 13.2 Å². The topological polar surface area (TPSA) is 89.6 Å². The predicted molar refractivity (Wildman–Crippen MR) is 97.9 cm³/mol. The Labute approximate surface area is 159 Å². The van der Waals surface area contributed by atoms with Gasteiger partial charge in [0.15, 0.2) is 5.54 Å². The molecule has 1 atom stereocenters. The van der Waals surface area contributed by atoms with E-state index in [2.05, 4.69) is 15.3 Å². The smallest absolute Gasteiger partial charge is 0.299 e. The fraction of sp³-hybridized carbons (Fsp3) is 0.316. The second-order valence-electron chi connectivity index (χ2n) is 6.38. The second-order valence-corrected chi connectivity index (χ2v) is 6.38. The summed E-state index contributed by atoms with van der Waals surface area (Å²) in [5.74, 6) is -5.09. The van der Waals surface area contributed by atoms with Crippen LogP contribution in [0.2, 0.25) is 0 Å². The van der Waals surface area contributed by atoms with Gasteiger partial charge in [-0.05, 0) is 36.8 Å². The molecule has 3 N–H and O–H groups in total. The molecule has 28 heavy (non-hydrogen) atoms. The normalized spacial score (nSPS) is 21.5. The number of nitrogens with one attached hydrogen (secondary N) is 1. The quantitative estimate of drug-likeness (QED) is 0.837. The number of halogens is 3. The number of rotatable bonds is 4. The molecule has 0 saturated carbocycles. The highest BCUT2D eigenvalue weighted by atomic mass is 19.3. The van der Waals surface area contributed by atoms with E-state index < -0.39 is 29.8 Å². The van der Waals surface area contributed by atoms with E-state index in [1.807, 2.05) is 0 Å². The van der Waals surface area contributed by atoms with E-state index in [-0.39, 0.29) is 35.8 Å². The van der Waals surface area contributed by atoms with Crippen molar-refractivity contribution >= 4 is 17.4 Å². The van der Waals surface area contributed by atoms with Crippen molar-refractivity contribution in [2.24, 2.45) is 10.7 Å². The van der Waals surface area contributed by atoms with Crippen LogP contribution in [0.1, 0.15) is 29.4 Å². The second kappa shape index (κ2) is 7.59. The molecule has 2 heterocycles. The zero-order valence-corrected chi connectivity index (χ0v) is 15.1. The van der Waals surface area contributed by atoms with Gasteiger partial charge >= 0.3 is 0 Å². The number of amidine groups is 1. The summed E-state index contributed by atoms with van der Waals surface area (Å²) in [7, 11) is 0. The molecule has 148 valence electrons. The van der Waals surface area contributed by atoms with E-state index in [1.165, 1.54) is 25.3 Å². The number of carbonyl (C=O) groups is 1. The summed E-state index contributed by atoms with van der Waals surface area (Å²) >= 11 is 0. The molecule has 3 rings (SSSR count). The molecule has 6 nitrogen and oxygen atoms in total. The summed E-state index contributed by atoms with van der Waals surface area (Å²) in [6, 6.07) is 8.21. The number of alkyl halides is 2. The van der Waals surface area contributed by atoms with E-state index in [9.17, 15) is 18.0 Å². The average molecular weight is 392 g/mol. The third-order valence-corrected chi connectivity index (χ3v) is 4.55. The highest BCUT2D eigenvalue weighted by Gasteiger charge is 2.56. The van der Waals surface area contributed by atoms with Crippen LogP contribution in [0.4, 0.5) is 18.9 Å². The molecule has 2 aromatic rings. The minimum absolute atomic E-state index is 0.133. The van der Waals surface area contributed by atoms with E-state index in [1.54, 1.807) is 12.1 Å². The molecule has 0 fully saturated rings. The van der Waals surface area contributed by atoms with Crippen LogP contribution in [0, 0.1) is 5.82 Å². The zero-order chi connectivity index (χ0) is 20.4. The van der Waals surface area contributed by atoms with Crippen LogP contribution in [-0.2, 0) is 10.3 Å². The lowest BCUT2D eigenvalue weighted by molar-refractivity contribution is -0.123. The van der Waals surface area contributed by atoms with Gasteiger partial charge in [0.05, 0.1) is 0 Å². The summed E-state index contributed by atoms with van der Waals surface area (Å²) in [5, 5.41) is 2.54. The summed E-state index contributed by atoms with van der Waals surface area (Å²) in [6.45, 7) is 0.249. The number of carbonyl (C=O) groups excluding carboxylic acids is 1. The number of aromatic nitrogens is 1. The van der Waals surface area contributed by atoms with Crippen LogP contribution in [0.3, 0.4) is 0 Å². The average Bonchev–Trinajstić information content (AvgIpc) is 2.79. The van der Waals surface area contributed by atoms with E-state index in [0.717, 1.165) is 12.1 Å². The first-order chi connectivity index (χ1) is 13.3. The van der Waals surface area contributed by atoms with Gasteiger partial charge in [0.25, 0.3) is 11.8 Å². The molecule has 1 amide bonds. The maximum atomic E-state index is 14.9. The first-order valence-electron chi connectivity index (χ1n) is 8.61. The lowest BCUT2D eigenvalue weighted by Crippen LogP contribution is -2.47. The predicted octanol–water partition coefficient (Wildman–Crippen LogP) is 3.10. The van der Waals surface area contributed by atoms with E-state index in [0.29, 0.717) is 0 Å². The van der Waals surface area contributed by atoms with Crippen molar-refractivity contribution in [3.63, 3.8) is 0 Å². The Kier molecular flexibility index (Phi) is 5.37. The highest BCUT2D eigenvalue weighted by Crippen LogP contribution is 2.46. The van der Waals surface area contributed by atoms with Gasteiger partial charge in [0, 0.05) is 17.4 Å². The van der Waals surface area contributed by atoms with Crippen LogP contribution in [0.5, 0.6) is 0 Å². The number of pyridine rings is 1. The lowest BCUT2D eigenvalue weighted by atomic mass is 9.81. The van der Waals surface area contributed by atoms with Crippen molar-refractivity contribution in [1.29, 1.82) is 0 Å². The van der Waals surface area contributed by atoms with Crippen molar-refractivity contribution in [2.75, 3.05) is 18.5 Å². The summed E-state index contributed by atoms with van der Waals surface area (Å²) in [6.07, 6.45) is 1.22. The fourth-order valence-electron chi connectivity index (χ4n) is 3.16. The largest absolute Gasteiger partial charge is 0.385 e. The standard InChI is InChI=1S/C19H19F3N4O2/c1-2-18(19(21,22)11-28-10-16(23)26-18)13-9-12(6-7-14(13)20)25-17(27)15-5-3-4-8-24-15/h3-9H,2,10-11H2,1H3,(H2,23,26)(H,25,27). The van der Waals surface area contributed by atoms with Crippen LogP contribution in [-0.4, -0.2) is 35.9 Å². The molecule has 1 aliphatic heterocycles. The monoisotopic (exact) mass is 392 g/mol. The van der Waals surface area contributed by atoms with Gasteiger partial charge in [-0.1, -0.05) is 13.0 Å². The van der Waals surface area contributed by atoms with Crippen LogP contribution in [0.25, 0.3) is 0 Å². The van der Waals surface area contributed by atoms with Gasteiger partial charge in [0.1, 0.15) is 30.6 Å². The molecule has 1 aliphatic rings. The van der Waals surface area contributed by atoms with Crippen LogP contribution in [0.15, 0.2) is 47.6 Å². The molecule has 0 spiro atoms. The molecule has 0 saturated heterocycles. The van der Waals surface area contributed by atoms with Gasteiger partial charge in [-0.15, -0.1) is 0 Å². The Morgan fingerprint density at radius 3 is 2.79 bits per heavy atom. The molecule has 1 unspecified atom stereocenters. The zero-order valence-electron chi connectivity index (χ0n) is 15.1. The molecular weight excluding hydrogens is 373 g/mol. The number of hydrogen-bond acceptors (Lipinski definition) is 5.